The highest BCUT2D eigenvalue weighted by molar-refractivity contribution is 5.96. The third kappa shape index (κ3) is 4.03. The molecule has 0 bridgehead atoms. The smallest absolute Gasteiger partial charge is 0.241 e. The zero-order valence-electron chi connectivity index (χ0n) is 15.4. The number of carbonyl (C=O) groups excluding carboxylic acids is 1. The minimum absolute atomic E-state index is 0.189. The molecule has 2 saturated heterocycles. The second-order valence-electron chi connectivity index (χ2n) is 7.39. The first-order chi connectivity index (χ1) is 12.8. The quantitative estimate of drug-likeness (QED) is 0.817. The van der Waals surface area contributed by atoms with Gasteiger partial charge in [-0.3, -0.25) is 14.6 Å². The summed E-state index contributed by atoms with van der Waals surface area (Å²) >= 11 is 0. The lowest BCUT2D eigenvalue weighted by atomic mass is 10.0. The number of likely N-dealkylation sites (tertiary alicyclic amines) is 1. The number of anilines is 1. The molecular weight excluding hydrogens is 330 g/mol. The van der Waals surface area contributed by atoms with Gasteiger partial charge < -0.3 is 14.4 Å². The molecule has 6 nitrogen and oxygen atoms in total. The highest BCUT2D eigenvalue weighted by Gasteiger charge is 2.30. The Bertz CT molecular complexity index is 618. The highest BCUT2D eigenvalue weighted by atomic mass is 16.5. The van der Waals surface area contributed by atoms with Gasteiger partial charge in [0.25, 0.3) is 0 Å². The standard InChI is InChI=1S/C20H29N3O3/c24-20(23-11-14-26-19-7-2-1-6-18(19)23)16-22-8-4-3-5-17(22)15-21-9-12-25-13-10-21/h1-2,6-7,17H,3-5,8-16H2/t17-/m0/s1. The van der Waals surface area contributed by atoms with E-state index in [4.69, 9.17) is 9.47 Å². The van der Waals surface area contributed by atoms with Crippen LogP contribution in [0.3, 0.4) is 0 Å². The van der Waals surface area contributed by atoms with E-state index in [-0.39, 0.29) is 5.91 Å². The Morgan fingerprint density at radius 2 is 1.88 bits per heavy atom. The van der Waals surface area contributed by atoms with Crippen molar-refractivity contribution in [3.05, 3.63) is 24.3 Å². The summed E-state index contributed by atoms with van der Waals surface area (Å²) in [5.74, 6) is 1.00. The molecular formula is C20H29N3O3. The van der Waals surface area contributed by atoms with Gasteiger partial charge in [0.1, 0.15) is 12.4 Å². The molecule has 0 radical (unpaired) electrons. The number of benzene rings is 1. The van der Waals surface area contributed by atoms with Crippen LogP contribution in [0.25, 0.3) is 0 Å². The molecule has 0 unspecified atom stereocenters. The van der Waals surface area contributed by atoms with E-state index < -0.39 is 0 Å². The predicted octanol–water partition coefficient (Wildman–Crippen LogP) is 1.60. The van der Waals surface area contributed by atoms with Crippen molar-refractivity contribution in [1.82, 2.24) is 9.80 Å². The number of hydrogen-bond donors (Lipinski definition) is 0. The Morgan fingerprint density at radius 1 is 1.04 bits per heavy atom. The minimum Gasteiger partial charge on any atom is -0.490 e. The molecule has 6 heteroatoms. The molecule has 3 heterocycles. The maximum Gasteiger partial charge on any atom is 0.241 e. The summed E-state index contributed by atoms with van der Waals surface area (Å²) in [7, 11) is 0. The number of nitrogens with zero attached hydrogens (tertiary/aromatic N) is 3. The molecule has 1 aromatic carbocycles. The predicted molar refractivity (Wildman–Crippen MR) is 101 cm³/mol. The fourth-order valence-corrected chi connectivity index (χ4v) is 4.24. The topological polar surface area (TPSA) is 45.2 Å². The van der Waals surface area contributed by atoms with Crippen LogP contribution in [-0.2, 0) is 9.53 Å². The van der Waals surface area contributed by atoms with Crippen LogP contribution in [0.4, 0.5) is 5.69 Å². The molecule has 1 amide bonds. The van der Waals surface area contributed by atoms with Gasteiger partial charge in [-0.05, 0) is 31.5 Å². The van der Waals surface area contributed by atoms with E-state index in [1.165, 1.54) is 19.3 Å². The van der Waals surface area contributed by atoms with E-state index in [2.05, 4.69) is 9.80 Å². The second kappa shape index (κ2) is 8.37. The first-order valence-corrected chi connectivity index (χ1v) is 9.87. The fraction of sp³-hybridized carbons (Fsp3) is 0.650. The molecule has 26 heavy (non-hydrogen) atoms. The normalized spacial score (nSPS) is 24.8. The zero-order chi connectivity index (χ0) is 17.8. The summed E-state index contributed by atoms with van der Waals surface area (Å²) in [5, 5.41) is 0. The Hall–Kier alpha value is -1.63. The van der Waals surface area contributed by atoms with Crippen molar-refractivity contribution in [2.45, 2.75) is 25.3 Å². The van der Waals surface area contributed by atoms with Gasteiger partial charge in [-0.2, -0.15) is 0 Å². The van der Waals surface area contributed by atoms with Crippen molar-refractivity contribution in [1.29, 1.82) is 0 Å². The molecule has 0 aliphatic carbocycles. The Balaban J connectivity index is 1.40. The van der Waals surface area contributed by atoms with E-state index in [1.807, 2.05) is 29.2 Å². The summed E-state index contributed by atoms with van der Waals surface area (Å²) in [6.07, 6.45) is 3.64. The summed E-state index contributed by atoms with van der Waals surface area (Å²) in [6.45, 7) is 7.46. The maximum atomic E-state index is 13.1. The lowest BCUT2D eigenvalue weighted by molar-refractivity contribution is -0.121. The van der Waals surface area contributed by atoms with Crippen LogP contribution in [0, 0.1) is 0 Å². The van der Waals surface area contributed by atoms with E-state index in [1.54, 1.807) is 0 Å². The van der Waals surface area contributed by atoms with Crippen molar-refractivity contribution >= 4 is 11.6 Å². The van der Waals surface area contributed by atoms with Gasteiger partial charge in [0.15, 0.2) is 0 Å². The SMILES string of the molecule is O=C(CN1CCCC[C@H]1CN1CCOCC1)N1CCOc2ccccc21. The van der Waals surface area contributed by atoms with Crippen LogP contribution in [0.1, 0.15) is 19.3 Å². The average Bonchev–Trinajstić information content (AvgIpc) is 2.70. The number of hydrogen-bond acceptors (Lipinski definition) is 5. The molecule has 0 saturated carbocycles. The summed E-state index contributed by atoms with van der Waals surface area (Å²) in [6, 6.07) is 8.32. The Morgan fingerprint density at radius 3 is 2.77 bits per heavy atom. The zero-order valence-corrected chi connectivity index (χ0v) is 15.4. The van der Waals surface area contributed by atoms with Gasteiger partial charge in [-0.15, -0.1) is 0 Å². The molecule has 2 fully saturated rings. The lowest BCUT2D eigenvalue weighted by Gasteiger charge is -2.40. The molecule has 3 aliphatic rings. The first kappa shape index (κ1) is 17.8. The number of morpholine rings is 1. The third-order valence-electron chi connectivity index (χ3n) is 5.69. The van der Waals surface area contributed by atoms with E-state index in [0.717, 1.165) is 50.8 Å². The second-order valence-corrected chi connectivity index (χ2v) is 7.39. The van der Waals surface area contributed by atoms with Crippen LogP contribution >= 0.6 is 0 Å². The van der Waals surface area contributed by atoms with Gasteiger partial charge in [0.05, 0.1) is 32.0 Å². The number of para-hydroxylation sites is 2. The molecule has 1 atom stereocenters. The number of piperidine rings is 1. The Kier molecular flexibility index (Phi) is 5.72. The molecule has 142 valence electrons. The summed E-state index contributed by atoms with van der Waals surface area (Å²) in [4.78, 5) is 19.9. The van der Waals surface area contributed by atoms with E-state index in [0.29, 0.717) is 25.7 Å². The van der Waals surface area contributed by atoms with Crippen LogP contribution in [0.15, 0.2) is 24.3 Å². The van der Waals surface area contributed by atoms with Crippen molar-refractivity contribution in [3.63, 3.8) is 0 Å². The molecule has 4 rings (SSSR count). The largest absolute Gasteiger partial charge is 0.490 e. The molecule has 3 aliphatic heterocycles. The first-order valence-electron chi connectivity index (χ1n) is 9.87. The Labute approximate surface area is 155 Å². The molecule has 0 spiro atoms. The van der Waals surface area contributed by atoms with Gasteiger partial charge in [0, 0.05) is 25.7 Å². The van der Waals surface area contributed by atoms with Crippen molar-refractivity contribution in [2.24, 2.45) is 0 Å². The van der Waals surface area contributed by atoms with E-state index in [9.17, 15) is 4.79 Å². The number of amides is 1. The van der Waals surface area contributed by atoms with Crippen LogP contribution < -0.4 is 9.64 Å². The van der Waals surface area contributed by atoms with Crippen molar-refractivity contribution in [2.75, 3.05) is 64.0 Å². The highest BCUT2D eigenvalue weighted by Crippen LogP contribution is 2.31. The average molecular weight is 359 g/mol. The fourth-order valence-electron chi connectivity index (χ4n) is 4.24. The van der Waals surface area contributed by atoms with Gasteiger partial charge in [0.2, 0.25) is 5.91 Å². The van der Waals surface area contributed by atoms with Crippen LogP contribution in [0.2, 0.25) is 0 Å². The molecule has 0 N–H and O–H groups in total. The summed E-state index contributed by atoms with van der Waals surface area (Å²) < 4.78 is 11.2. The summed E-state index contributed by atoms with van der Waals surface area (Å²) in [5.41, 5.74) is 0.908. The van der Waals surface area contributed by atoms with Crippen LogP contribution in [0.5, 0.6) is 5.75 Å². The van der Waals surface area contributed by atoms with Crippen LogP contribution in [-0.4, -0.2) is 80.8 Å². The third-order valence-corrected chi connectivity index (χ3v) is 5.69. The number of fused-ring (bicyclic) bond motifs is 1. The van der Waals surface area contributed by atoms with Crippen molar-refractivity contribution < 1.29 is 14.3 Å². The van der Waals surface area contributed by atoms with Gasteiger partial charge >= 0.3 is 0 Å². The number of carbonyl (C=O) groups is 1. The van der Waals surface area contributed by atoms with Gasteiger partial charge in [-0.25, -0.2) is 0 Å². The number of ether oxygens (including phenoxy) is 2. The van der Waals surface area contributed by atoms with E-state index >= 15 is 0 Å². The molecule has 0 aromatic heterocycles. The van der Waals surface area contributed by atoms with Gasteiger partial charge in [-0.1, -0.05) is 18.6 Å². The lowest BCUT2D eigenvalue weighted by Crippen LogP contribution is -2.53. The van der Waals surface area contributed by atoms with Crippen molar-refractivity contribution in [3.8, 4) is 5.75 Å². The monoisotopic (exact) mass is 359 g/mol. The minimum atomic E-state index is 0.189. The maximum absolute atomic E-state index is 13.1. The molecule has 1 aromatic rings. The number of rotatable bonds is 4.